The van der Waals surface area contributed by atoms with Crippen molar-refractivity contribution in [2.45, 2.75) is 39.7 Å². The summed E-state index contributed by atoms with van der Waals surface area (Å²) in [5.41, 5.74) is 10.9. The molecule has 3 rings (SSSR count). The summed E-state index contributed by atoms with van der Waals surface area (Å²) < 4.78 is 0. The normalized spacial score (nSPS) is 19.0. The van der Waals surface area contributed by atoms with Crippen LogP contribution in [0.2, 0.25) is 0 Å². The van der Waals surface area contributed by atoms with Crippen molar-refractivity contribution < 1.29 is 0 Å². The second-order valence-electron chi connectivity index (χ2n) is 6.11. The quantitative estimate of drug-likeness (QED) is 0.888. The first-order valence-electron chi connectivity index (χ1n) is 7.56. The molecule has 1 aliphatic rings. The van der Waals surface area contributed by atoms with Gasteiger partial charge in [-0.05, 0) is 44.7 Å². The summed E-state index contributed by atoms with van der Waals surface area (Å²) in [6, 6.07) is 4.59. The summed E-state index contributed by atoms with van der Waals surface area (Å²) >= 11 is 0. The number of nitrogens with one attached hydrogen (secondary N) is 1. The molecule has 3 N–H and O–H groups in total. The van der Waals surface area contributed by atoms with Crippen molar-refractivity contribution in [1.82, 2.24) is 15.2 Å². The number of rotatable bonds is 2. The molecule has 1 aromatic heterocycles. The molecule has 0 amide bonds. The molecule has 1 saturated heterocycles. The lowest BCUT2D eigenvalue weighted by Gasteiger charge is -2.29. The van der Waals surface area contributed by atoms with Crippen molar-refractivity contribution in [2.75, 3.05) is 18.0 Å². The maximum Gasteiger partial charge on any atom is 0.245 e. The highest BCUT2D eigenvalue weighted by Gasteiger charge is 2.21. The number of nitrogens with two attached hydrogens (primary N) is 1. The third kappa shape index (κ3) is 2.78. The van der Waals surface area contributed by atoms with Gasteiger partial charge in [-0.25, -0.2) is 0 Å². The van der Waals surface area contributed by atoms with Gasteiger partial charge in [0.2, 0.25) is 5.95 Å². The number of hydrogen-bond acceptors (Lipinski definition) is 4. The second kappa shape index (κ2) is 5.48. The van der Waals surface area contributed by atoms with Gasteiger partial charge < -0.3 is 10.6 Å². The molecular formula is C16H23N5. The predicted molar refractivity (Wildman–Crippen MR) is 85.5 cm³/mol. The Morgan fingerprint density at radius 3 is 2.62 bits per heavy atom. The topological polar surface area (TPSA) is 70.8 Å². The van der Waals surface area contributed by atoms with Crippen molar-refractivity contribution in [1.29, 1.82) is 0 Å². The number of anilines is 1. The Labute approximate surface area is 125 Å². The molecule has 0 bridgehead atoms. The lowest BCUT2D eigenvalue weighted by Crippen LogP contribution is -2.43. The molecule has 0 saturated carbocycles. The Morgan fingerprint density at radius 1 is 1.24 bits per heavy atom. The number of benzene rings is 1. The summed E-state index contributed by atoms with van der Waals surface area (Å²) in [5, 5.41) is 7.48. The third-order valence-electron chi connectivity index (χ3n) is 4.13. The van der Waals surface area contributed by atoms with Crippen LogP contribution in [0.5, 0.6) is 0 Å². The Bertz CT molecular complexity index is 623. The van der Waals surface area contributed by atoms with Crippen LogP contribution in [-0.4, -0.2) is 34.3 Å². The largest absolute Gasteiger partial charge is 0.338 e. The van der Waals surface area contributed by atoms with Gasteiger partial charge >= 0.3 is 0 Å². The molecule has 21 heavy (non-hydrogen) atoms. The number of aromatic nitrogens is 3. The maximum atomic E-state index is 6.04. The highest BCUT2D eigenvalue weighted by molar-refractivity contribution is 5.66. The van der Waals surface area contributed by atoms with E-state index in [1.165, 1.54) is 16.7 Å². The molecule has 0 spiro atoms. The minimum absolute atomic E-state index is 0.226. The van der Waals surface area contributed by atoms with E-state index < -0.39 is 0 Å². The molecule has 1 unspecified atom stereocenters. The molecule has 1 aliphatic heterocycles. The number of nitrogens with zero attached hydrogens (tertiary/aromatic N) is 3. The van der Waals surface area contributed by atoms with Crippen molar-refractivity contribution in [3.8, 4) is 11.4 Å². The number of aromatic amines is 1. The van der Waals surface area contributed by atoms with Crippen molar-refractivity contribution in [2.24, 2.45) is 5.73 Å². The molecule has 0 aliphatic carbocycles. The van der Waals surface area contributed by atoms with E-state index in [-0.39, 0.29) is 6.04 Å². The molecule has 1 aromatic carbocycles. The second-order valence-corrected chi connectivity index (χ2v) is 6.11. The van der Waals surface area contributed by atoms with E-state index in [1.54, 1.807) is 0 Å². The Kier molecular flexibility index (Phi) is 3.68. The highest BCUT2D eigenvalue weighted by Crippen LogP contribution is 2.27. The summed E-state index contributed by atoms with van der Waals surface area (Å²) in [4.78, 5) is 6.87. The molecule has 5 nitrogen and oxygen atoms in total. The molecule has 5 heteroatoms. The lowest BCUT2D eigenvalue weighted by atomic mass is 9.99. The van der Waals surface area contributed by atoms with E-state index in [1.807, 2.05) is 0 Å². The zero-order chi connectivity index (χ0) is 15.0. The van der Waals surface area contributed by atoms with Crippen LogP contribution in [-0.2, 0) is 0 Å². The van der Waals surface area contributed by atoms with Crippen LogP contribution in [0.25, 0.3) is 11.4 Å². The van der Waals surface area contributed by atoms with Crippen molar-refractivity contribution in [3.63, 3.8) is 0 Å². The number of aryl methyl sites for hydroxylation is 3. The van der Waals surface area contributed by atoms with Gasteiger partial charge in [-0.15, -0.1) is 5.10 Å². The minimum Gasteiger partial charge on any atom is -0.338 e. The van der Waals surface area contributed by atoms with Gasteiger partial charge in [0.1, 0.15) is 0 Å². The fourth-order valence-corrected chi connectivity index (χ4v) is 3.25. The summed E-state index contributed by atoms with van der Waals surface area (Å²) in [6.07, 6.45) is 2.19. The van der Waals surface area contributed by atoms with Crippen molar-refractivity contribution in [3.05, 3.63) is 28.8 Å². The van der Waals surface area contributed by atoms with Crippen LogP contribution in [0.15, 0.2) is 12.1 Å². The van der Waals surface area contributed by atoms with E-state index in [9.17, 15) is 0 Å². The monoisotopic (exact) mass is 285 g/mol. The highest BCUT2D eigenvalue weighted by atomic mass is 15.4. The zero-order valence-corrected chi connectivity index (χ0v) is 13.0. The number of H-pyrrole nitrogens is 1. The van der Waals surface area contributed by atoms with E-state index in [0.717, 1.165) is 43.3 Å². The average Bonchev–Trinajstić information content (AvgIpc) is 2.87. The first-order chi connectivity index (χ1) is 10.0. The van der Waals surface area contributed by atoms with E-state index in [4.69, 9.17) is 10.7 Å². The van der Waals surface area contributed by atoms with Gasteiger partial charge in [-0.2, -0.15) is 4.98 Å². The number of hydrogen-bond donors (Lipinski definition) is 2. The fourth-order valence-electron chi connectivity index (χ4n) is 3.25. The Hall–Kier alpha value is -1.88. The van der Waals surface area contributed by atoms with Crippen molar-refractivity contribution >= 4 is 5.95 Å². The molecule has 112 valence electrons. The zero-order valence-electron chi connectivity index (χ0n) is 13.0. The van der Waals surface area contributed by atoms with Gasteiger partial charge in [0.25, 0.3) is 0 Å². The summed E-state index contributed by atoms with van der Waals surface area (Å²) in [5.74, 6) is 1.61. The van der Waals surface area contributed by atoms with Crippen LogP contribution >= 0.6 is 0 Å². The van der Waals surface area contributed by atoms with Gasteiger partial charge in [-0.3, -0.25) is 5.10 Å². The Morgan fingerprint density at radius 2 is 1.95 bits per heavy atom. The minimum atomic E-state index is 0.226. The maximum absolute atomic E-state index is 6.04. The first kappa shape index (κ1) is 14.1. The van der Waals surface area contributed by atoms with Gasteiger partial charge in [0.15, 0.2) is 5.82 Å². The smallest absolute Gasteiger partial charge is 0.245 e. The molecular weight excluding hydrogens is 262 g/mol. The van der Waals surface area contributed by atoms with Gasteiger partial charge in [0, 0.05) is 24.7 Å². The number of piperidine rings is 1. The van der Waals surface area contributed by atoms with E-state index in [2.05, 4.69) is 48.0 Å². The molecule has 2 aromatic rings. The third-order valence-corrected chi connectivity index (χ3v) is 4.13. The SMILES string of the molecule is Cc1cc(C)c(-c2nc(N3CCCC(N)C3)n[nH]2)c(C)c1. The van der Waals surface area contributed by atoms with Crippen LogP contribution < -0.4 is 10.6 Å². The lowest BCUT2D eigenvalue weighted by molar-refractivity contribution is 0.500. The van der Waals surface area contributed by atoms with Gasteiger partial charge in [0.05, 0.1) is 0 Å². The average molecular weight is 285 g/mol. The van der Waals surface area contributed by atoms with Crippen LogP contribution in [0.1, 0.15) is 29.5 Å². The van der Waals surface area contributed by atoms with E-state index >= 15 is 0 Å². The Balaban J connectivity index is 1.92. The van der Waals surface area contributed by atoms with Crippen LogP contribution in [0.3, 0.4) is 0 Å². The molecule has 1 atom stereocenters. The summed E-state index contributed by atoms with van der Waals surface area (Å²) in [6.45, 7) is 8.17. The fraction of sp³-hybridized carbons (Fsp3) is 0.500. The first-order valence-corrected chi connectivity index (χ1v) is 7.56. The molecule has 1 fully saturated rings. The molecule has 2 heterocycles. The van der Waals surface area contributed by atoms with Crippen LogP contribution in [0, 0.1) is 20.8 Å². The van der Waals surface area contributed by atoms with E-state index in [0.29, 0.717) is 0 Å². The van der Waals surface area contributed by atoms with Crippen LogP contribution in [0.4, 0.5) is 5.95 Å². The molecule has 0 radical (unpaired) electrons. The van der Waals surface area contributed by atoms with Gasteiger partial charge in [-0.1, -0.05) is 17.7 Å². The standard InChI is InChI=1S/C16H23N5/c1-10-7-11(2)14(12(3)8-10)15-18-16(20-19-15)21-6-4-5-13(17)9-21/h7-8,13H,4-6,9,17H2,1-3H3,(H,18,19,20). The summed E-state index contributed by atoms with van der Waals surface area (Å²) in [7, 11) is 0. The predicted octanol–water partition coefficient (Wildman–Crippen LogP) is 2.32.